The van der Waals surface area contributed by atoms with Crippen molar-refractivity contribution in [2.75, 3.05) is 0 Å². The summed E-state index contributed by atoms with van der Waals surface area (Å²) in [7, 11) is 0. The van der Waals surface area contributed by atoms with Gasteiger partial charge in [-0.2, -0.15) is 0 Å². The van der Waals surface area contributed by atoms with Gasteiger partial charge in [-0.05, 0) is 0 Å². The van der Waals surface area contributed by atoms with Crippen molar-refractivity contribution in [3.63, 3.8) is 0 Å². The second-order valence-corrected chi connectivity index (χ2v) is 21.7. The summed E-state index contributed by atoms with van der Waals surface area (Å²) in [6, 6.07) is 0. The van der Waals surface area contributed by atoms with Crippen LogP contribution in [-0.2, 0) is 6.42 Å². The van der Waals surface area contributed by atoms with Gasteiger partial charge in [-0.1, -0.05) is 6.92 Å². The first-order valence-corrected chi connectivity index (χ1v) is 20.0. The Bertz CT molecular complexity index is 450. The van der Waals surface area contributed by atoms with Crippen LogP contribution < -0.4 is 3.84 Å². The van der Waals surface area contributed by atoms with E-state index in [1.54, 1.807) is 0 Å². The van der Waals surface area contributed by atoms with Crippen LogP contribution in [0.2, 0.25) is 13.3 Å². The van der Waals surface area contributed by atoms with E-state index in [0.29, 0.717) is 0 Å². The van der Waals surface area contributed by atoms with E-state index in [0.717, 1.165) is 6.42 Å². The van der Waals surface area contributed by atoms with E-state index in [-0.39, 0.29) is 0 Å². The van der Waals surface area contributed by atoms with Crippen molar-refractivity contribution in [1.82, 2.24) is 9.97 Å². The van der Waals surface area contributed by atoms with E-state index in [4.69, 9.17) is 9.97 Å². The number of aryl methyl sites for hydroxylation is 1. The SMILES string of the molecule is CCCCCCCCCc1cn[c]([Sn]([CH2]CCC)([CH2]CCC)[CH2]CCC)nc1. The quantitative estimate of drug-likeness (QED) is 0.153. The summed E-state index contributed by atoms with van der Waals surface area (Å²) in [5.74, 6) is 0. The second-order valence-electron chi connectivity index (χ2n) is 8.88. The maximum atomic E-state index is 5.03. The fraction of sp³-hybridized carbons (Fsp3) is 0.840. The Hall–Kier alpha value is -0.121. The topological polar surface area (TPSA) is 25.8 Å². The molecule has 0 aliphatic heterocycles. The molecule has 1 heterocycles. The molecular weight excluding hydrogens is 447 g/mol. The molecule has 0 bridgehead atoms. The molecule has 0 saturated carbocycles. The van der Waals surface area contributed by atoms with Gasteiger partial charge >= 0.3 is 174 Å². The zero-order valence-electron chi connectivity index (χ0n) is 19.6. The van der Waals surface area contributed by atoms with Crippen molar-refractivity contribution in [1.29, 1.82) is 0 Å². The molecule has 0 N–H and O–H groups in total. The van der Waals surface area contributed by atoms with Gasteiger partial charge in [0.25, 0.3) is 0 Å². The molecule has 28 heavy (non-hydrogen) atoms. The monoisotopic (exact) mass is 496 g/mol. The van der Waals surface area contributed by atoms with Crippen molar-refractivity contribution in [2.24, 2.45) is 0 Å². The Morgan fingerprint density at radius 2 is 1.00 bits per heavy atom. The minimum absolute atomic E-state index is 1.16. The van der Waals surface area contributed by atoms with Gasteiger partial charge in [0.05, 0.1) is 0 Å². The van der Waals surface area contributed by atoms with Crippen molar-refractivity contribution in [2.45, 2.75) is 131 Å². The van der Waals surface area contributed by atoms with Crippen molar-refractivity contribution >= 4 is 22.2 Å². The Morgan fingerprint density at radius 1 is 0.571 bits per heavy atom. The molecule has 0 spiro atoms. The van der Waals surface area contributed by atoms with Crippen molar-refractivity contribution in [3.05, 3.63) is 18.0 Å². The average Bonchev–Trinajstić information content (AvgIpc) is 2.73. The third-order valence-electron chi connectivity index (χ3n) is 6.28. The summed E-state index contributed by atoms with van der Waals surface area (Å²) in [4.78, 5) is 10.1. The summed E-state index contributed by atoms with van der Waals surface area (Å²) in [6.45, 7) is 9.29. The molecule has 0 amide bonds. The number of hydrogen-bond acceptors (Lipinski definition) is 2. The second kappa shape index (κ2) is 16.7. The van der Waals surface area contributed by atoms with Crippen LogP contribution in [0, 0.1) is 0 Å². The molecule has 0 saturated heterocycles. The molecule has 0 fully saturated rings. The standard InChI is InChI=1S/C13H21N2.3C4H9.Sn/c1-2-3-4-5-6-7-8-9-13-10-14-12-15-11-13;3*1-3-4-2;/h10-11H,2-9H2,1H3;3*1,3-4H2,2H3;. The molecule has 162 valence electrons. The Kier molecular flexibility index (Phi) is 15.4. The van der Waals surface area contributed by atoms with Gasteiger partial charge in [0, 0.05) is 0 Å². The first-order chi connectivity index (χ1) is 13.7. The molecule has 1 aromatic heterocycles. The summed E-state index contributed by atoms with van der Waals surface area (Å²) < 4.78 is 5.72. The number of rotatable bonds is 18. The van der Waals surface area contributed by atoms with Gasteiger partial charge in [-0.15, -0.1) is 0 Å². The molecule has 0 aliphatic carbocycles. The fourth-order valence-electron chi connectivity index (χ4n) is 4.30. The predicted octanol–water partition coefficient (Wildman–Crippen LogP) is 7.83. The molecule has 3 heteroatoms. The zero-order valence-corrected chi connectivity index (χ0v) is 22.4. The van der Waals surface area contributed by atoms with Crippen molar-refractivity contribution < 1.29 is 0 Å². The predicted molar refractivity (Wildman–Crippen MR) is 128 cm³/mol. The molecule has 0 aliphatic rings. The molecule has 0 atom stereocenters. The maximum absolute atomic E-state index is 5.03. The van der Waals surface area contributed by atoms with Crippen LogP contribution in [0.15, 0.2) is 12.4 Å². The first-order valence-electron chi connectivity index (χ1n) is 12.5. The molecule has 0 aromatic carbocycles. The fourth-order valence-corrected chi connectivity index (χ4v) is 19.1. The van der Waals surface area contributed by atoms with Gasteiger partial charge < -0.3 is 0 Å². The van der Waals surface area contributed by atoms with Crippen LogP contribution in [0.3, 0.4) is 0 Å². The number of unbranched alkanes of at least 4 members (excludes halogenated alkanes) is 9. The van der Waals surface area contributed by atoms with Crippen LogP contribution in [0.5, 0.6) is 0 Å². The molecule has 2 nitrogen and oxygen atoms in total. The zero-order chi connectivity index (χ0) is 20.5. The van der Waals surface area contributed by atoms with E-state index in [1.165, 1.54) is 106 Å². The van der Waals surface area contributed by atoms with E-state index in [9.17, 15) is 0 Å². The van der Waals surface area contributed by atoms with Crippen LogP contribution in [0.4, 0.5) is 0 Å². The summed E-state index contributed by atoms with van der Waals surface area (Å²) >= 11 is -2.43. The third-order valence-corrected chi connectivity index (χ3v) is 20.9. The summed E-state index contributed by atoms with van der Waals surface area (Å²) in [5, 5.41) is 0. The van der Waals surface area contributed by atoms with E-state index >= 15 is 0 Å². The first kappa shape index (κ1) is 25.9. The normalized spacial score (nSPS) is 11.9. The van der Waals surface area contributed by atoms with E-state index in [2.05, 4.69) is 40.1 Å². The Balaban J connectivity index is 2.66. The van der Waals surface area contributed by atoms with E-state index in [1.807, 2.05) is 0 Å². The van der Waals surface area contributed by atoms with Crippen LogP contribution >= 0.6 is 0 Å². The third kappa shape index (κ3) is 10.1. The summed E-state index contributed by atoms with van der Waals surface area (Å²) in [6.07, 6.45) is 23.2. The molecule has 1 rings (SSSR count). The van der Waals surface area contributed by atoms with Gasteiger partial charge in [0.1, 0.15) is 0 Å². The minimum atomic E-state index is -2.43. The molecule has 0 radical (unpaired) electrons. The molecular formula is C25H48N2Sn. The molecule has 0 unspecified atom stereocenters. The molecule has 1 aromatic rings. The van der Waals surface area contributed by atoms with Crippen LogP contribution in [0.25, 0.3) is 0 Å². The average molecular weight is 495 g/mol. The number of hydrogen-bond donors (Lipinski definition) is 0. The van der Waals surface area contributed by atoms with Gasteiger partial charge in [0.15, 0.2) is 0 Å². The van der Waals surface area contributed by atoms with Gasteiger partial charge in [0.2, 0.25) is 0 Å². The van der Waals surface area contributed by atoms with Crippen molar-refractivity contribution in [3.8, 4) is 0 Å². The Morgan fingerprint density at radius 3 is 1.46 bits per heavy atom. The van der Waals surface area contributed by atoms with Crippen LogP contribution in [-0.4, -0.2) is 28.3 Å². The number of nitrogens with zero attached hydrogens (tertiary/aromatic N) is 2. The van der Waals surface area contributed by atoms with Gasteiger partial charge in [-0.3, -0.25) is 0 Å². The van der Waals surface area contributed by atoms with Gasteiger partial charge in [-0.25, -0.2) is 0 Å². The Labute approximate surface area is 180 Å². The summed E-state index contributed by atoms with van der Waals surface area (Å²) in [5.41, 5.74) is 1.36. The van der Waals surface area contributed by atoms with E-state index < -0.39 is 18.4 Å². The van der Waals surface area contributed by atoms with Crippen LogP contribution in [0.1, 0.15) is 117 Å². The number of aromatic nitrogens is 2.